The molecule has 47 heavy (non-hydrogen) atoms. The Bertz CT molecular complexity index is 1170. The Morgan fingerprint density at radius 1 is 0.447 bits per heavy atom. The van der Waals surface area contributed by atoms with Gasteiger partial charge in [0, 0.05) is 5.92 Å². The lowest BCUT2D eigenvalue weighted by atomic mass is 10.1. The van der Waals surface area contributed by atoms with Crippen LogP contribution in [0.15, 0.2) is 121 Å². The highest BCUT2D eigenvalue weighted by atomic mass is 16.6. The molecular weight excluding hydrogens is 596 g/mol. The Labute approximate surface area is 278 Å². The number of ether oxygens (including phenoxy) is 6. The SMILES string of the molecule is O=C(O)CC(COC(COCc1ccccc1)COCc1ccccc1)COC(COCc1ccccc1)COCc1ccccc1. The number of hydrogen-bond acceptors (Lipinski definition) is 7. The Morgan fingerprint density at radius 2 is 0.723 bits per heavy atom. The van der Waals surface area contributed by atoms with E-state index in [1.54, 1.807) is 0 Å². The molecule has 0 aliphatic heterocycles. The maximum atomic E-state index is 11.8. The zero-order valence-corrected chi connectivity index (χ0v) is 26.9. The second kappa shape index (κ2) is 21.8. The van der Waals surface area contributed by atoms with Crippen molar-refractivity contribution in [1.82, 2.24) is 0 Å². The first-order valence-electron chi connectivity index (χ1n) is 16.1. The number of carboxylic acid groups (broad SMARTS) is 1. The van der Waals surface area contributed by atoms with Gasteiger partial charge < -0.3 is 33.5 Å². The van der Waals surface area contributed by atoms with Crippen molar-refractivity contribution in [3.8, 4) is 0 Å². The molecule has 0 unspecified atom stereocenters. The second-order valence-corrected chi connectivity index (χ2v) is 11.4. The molecule has 0 aromatic heterocycles. The number of rotatable bonds is 24. The van der Waals surface area contributed by atoms with Crippen LogP contribution in [0.25, 0.3) is 0 Å². The maximum absolute atomic E-state index is 11.8. The van der Waals surface area contributed by atoms with Gasteiger partial charge in [-0.05, 0) is 22.3 Å². The summed E-state index contributed by atoms with van der Waals surface area (Å²) >= 11 is 0. The van der Waals surface area contributed by atoms with Crippen LogP contribution in [0.2, 0.25) is 0 Å². The normalized spacial score (nSPS) is 11.5. The van der Waals surface area contributed by atoms with E-state index in [1.807, 2.05) is 121 Å². The fraction of sp³-hybridized carbons (Fsp3) is 0.359. The quantitative estimate of drug-likeness (QED) is 0.0902. The molecule has 8 heteroatoms. The van der Waals surface area contributed by atoms with E-state index in [1.165, 1.54) is 0 Å². The van der Waals surface area contributed by atoms with Crippen molar-refractivity contribution in [2.24, 2.45) is 5.92 Å². The Kier molecular flexibility index (Phi) is 16.7. The smallest absolute Gasteiger partial charge is 0.303 e. The van der Waals surface area contributed by atoms with Gasteiger partial charge in [-0.3, -0.25) is 4.79 Å². The molecule has 0 fully saturated rings. The minimum absolute atomic E-state index is 0.106. The average molecular weight is 643 g/mol. The van der Waals surface area contributed by atoms with E-state index < -0.39 is 24.1 Å². The topological polar surface area (TPSA) is 92.7 Å². The van der Waals surface area contributed by atoms with Gasteiger partial charge in [-0.2, -0.15) is 0 Å². The fourth-order valence-corrected chi connectivity index (χ4v) is 4.78. The molecule has 4 aromatic rings. The minimum atomic E-state index is -0.920. The summed E-state index contributed by atoms with van der Waals surface area (Å²) in [5, 5.41) is 9.67. The molecule has 0 amide bonds. The van der Waals surface area contributed by atoms with E-state index in [-0.39, 0.29) is 19.6 Å². The van der Waals surface area contributed by atoms with Crippen molar-refractivity contribution in [1.29, 1.82) is 0 Å². The van der Waals surface area contributed by atoms with Crippen molar-refractivity contribution in [3.63, 3.8) is 0 Å². The molecule has 0 radical (unpaired) electrons. The molecule has 0 saturated heterocycles. The first-order chi connectivity index (χ1) is 23.1. The first-order valence-corrected chi connectivity index (χ1v) is 16.1. The third-order valence-corrected chi connectivity index (χ3v) is 7.26. The maximum Gasteiger partial charge on any atom is 0.303 e. The molecule has 0 saturated carbocycles. The molecule has 1 N–H and O–H groups in total. The lowest BCUT2D eigenvalue weighted by molar-refractivity contribution is -0.142. The van der Waals surface area contributed by atoms with Crippen molar-refractivity contribution in [2.75, 3.05) is 39.6 Å². The van der Waals surface area contributed by atoms with Gasteiger partial charge >= 0.3 is 5.97 Å². The lowest BCUT2D eigenvalue weighted by Gasteiger charge is -2.24. The average Bonchev–Trinajstić information content (AvgIpc) is 3.10. The molecule has 250 valence electrons. The highest BCUT2D eigenvalue weighted by Crippen LogP contribution is 2.13. The lowest BCUT2D eigenvalue weighted by Crippen LogP contribution is -2.32. The van der Waals surface area contributed by atoms with Crippen LogP contribution >= 0.6 is 0 Å². The summed E-state index contributed by atoms with van der Waals surface area (Å²) in [6, 6.07) is 39.7. The molecule has 8 nitrogen and oxygen atoms in total. The molecule has 0 atom stereocenters. The van der Waals surface area contributed by atoms with E-state index in [4.69, 9.17) is 28.4 Å². The van der Waals surface area contributed by atoms with Gasteiger partial charge in [-0.1, -0.05) is 121 Å². The van der Waals surface area contributed by atoms with Crippen LogP contribution in [0, 0.1) is 5.92 Å². The van der Waals surface area contributed by atoms with Crippen molar-refractivity contribution in [3.05, 3.63) is 144 Å². The van der Waals surface area contributed by atoms with Crippen LogP contribution in [-0.2, 0) is 59.6 Å². The predicted molar refractivity (Wildman–Crippen MR) is 180 cm³/mol. The summed E-state index contributed by atoms with van der Waals surface area (Å²) < 4.78 is 36.4. The highest BCUT2D eigenvalue weighted by Gasteiger charge is 2.21. The van der Waals surface area contributed by atoms with Crippen molar-refractivity contribution >= 4 is 5.97 Å². The van der Waals surface area contributed by atoms with E-state index in [9.17, 15) is 9.90 Å². The van der Waals surface area contributed by atoms with E-state index in [0.717, 1.165) is 22.3 Å². The molecule has 0 bridgehead atoms. The fourth-order valence-electron chi connectivity index (χ4n) is 4.78. The molecule has 0 aliphatic rings. The summed E-state index contributed by atoms with van der Waals surface area (Å²) in [6.45, 7) is 3.29. The minimum Gasteiger partial charge on any atom is -0.481 e. The van der Waals surface area contributed by atoms with Crippen molar-refractivity contribution in [2.45, 2.75) is 45.1 Å². The first kappa shape index (κ1) is 36.0. The van der Waals surface area contributed by atoms with E-state index >= 15 is 0 Å². The van der Waals surface area contributed by atoms with Crippen molar-refractivity contribution < 1.29 is 38.3 Å². The Morgan fingerprint density at radius 3 is 0.979 bits per heavy atom. The summed E-state index contributed by atoms with van der Waals surface area (Å²) in [4.78, 5) is 11.8. The summed E-state index contributed by atoms with van der Waals surface area (Å²) in [5.74, 6) is -1.32. The summed E-state index contributed by atoms with van der Waals surface area (Å²) in [6.07, 6.45) is -0.888. The van der Waals surface area contributed by atoms with Gasteiger partial charge in [-0.25, -0.2) is 0 Å². The number of carboxylic acids is 1. The largest absolute Gasteiger partial charge is 0.481 e. The number of benzene rings is 4. The molecular formula is C39H46O8. The molecule has 0 aliphatic carbocycles. The zero-order valence-electron chi connectivity index (χ0n) is 26.9. The number of aliphatic carboxylic acids is 1. The third kappa shape index (κ3) is 15.5. The van der Waals surface area contributed by atoms with Crippen LogP contribution in [0.4, 0.5) is 0 Å². The monoisotopic (exact) mass is 642 g/mol. The molecule has 0 spiro atoms. The van der Waals surface area contributed by atoms with Crippen LogP contribution in [0.3, 0.4) is 0 Å². The molecule has 0 heterocycles. The molecule has 4 aromatic carbocycles. The Balaban J connectivity index is 1.31. The second-order valence-electron chi connectivity index (χ2n) is 11.4. The van der Waals surface area contributed by atoms with Gasteiger partial charge in [0.25, 0.3) is 0 Å². The van der Waals surface area contributed by atoms with E-state index in [2.05, 4.69) is 0 Å². The summed E-state index contributed by atoms with van der Waals surface area (Å²) in [7, 11) is 0. The number of carbonyl (C=O) groups is 1. The van der Waals surface area contributed by atoms with Crippen LogP contribution in [-0.4, -0.2) is 62.9 Å². The highest BCUT2D eigenvalue weighted by molar-refractivity contribution is 5.67. The van der Waals surface area contributed by atoms with Crippen LogP contribution in [0.5, 0.6) is 0 Å². The predicted octanol–water partition coefficient (Wildman–Crippen LogP) is 6.71. The Hall–Kier alpha value is -3.89. The third-order valence-electron chi connectivity index (χ3n) is 7.26. The van der Waals surface area contributed by atoms with Crippen LogP contribution < -0.4 is 0 Å². The van der Waals surface area contributed by atoms with E-state index in [0.29, 0.717) is 52.9 Å². The van der Waals surface area contributed by atoms with Gasteiger partial charge in [0.05, 0.1) is 72.5 Å². The van der Waals surface area contributed by atoms with Gasteiger partial charge in [0.2, 0.25) is 0 Å². The van der Waals surface area contributed by atoms with Crippen LogP contribution in [0.1, 0.15) is 28.7 Å². The molecule has 4 rings (SSSR count). The van der Waals surface area contributed by atoms with Gasteiger partial charge in [0.1, 0.15) is 12.2 Å². The summed E-state index contributed by atoms with van der Waals surface area (Å²) in [5.41, 5.74) is 4.24. The van der Waals surface area contributed by atoms with Gasteiger partial charge in [-0.15, -0.1) is 0 Å². The van der Waals surface area contributed by atoms with Gasteiger partial charge in [0.15, 0.2) is 0 Å². The zero-order chi connectivity index (χ0) is 32.8. The standard InChI is InChI=1S/C39H46O8/c40-39(41)21-36(26-46-37(28-42-22-32-13-5-1-6-14-32)29-43-23-33-15-7-2-8-16-33)27-47-38(30-44-24-34-17-9-3-10-18-34)31-45-25-35-19-11-4-12-20-35/h1-20,36-38H,21-31H2,(H,40,41). The number of hydrogen-bond donors (Lipinski definition) is 1.